The van der Waals surface area contributed by atoms with Gasteiger partial charge in [-0.25, -0.2) is 0 Å². The number of rotatable bonds is 6. The summed E-state index contributed by atoms with van der Waals surface area (Å²) in [5.74, 6) is -0.882. The topological polar surface area (TPSA) is 88.2 Å². The van der Waals surface area contributed by atoms with Gasteiger partial charge in [0.25, 0.3) is 10.2 Å². The van der Waals surface area contributed by atoms with Gasteiger partial charge >= 0.3 is 0 Å². The lowest BCUT2D eigenvalue weighted by Gasteiger charge is -2.40. The van der Waals surface area contributed by atoms with E-state index in [0.717, 1.165) is 25.7 Å². The molecule has 1 spiro atoms. The molecule has 4 aliphatic rings. The summed E-state index contributed by atoms with van der Waals surface area (Å²) >= 11 is 0. The maximum absolute atomic E-state index is 13.2. The highest BCUT2D eigenvalue weighted by atomic mass is 32.2. The van der Waals surface area contributed by atoms with E-state index in [-0.39, 0.29) is 18.4 Å². The van der Waals surface area contributed by atoms with E-state index in [1.165, 1.54) is 27.0 Å². The lowest BCUT2D eigenvalue weighted by Crippen LogP contribution is -2.54. The highest BCUT2D eigenvalue weighted by Crippen LogP contribution is 2.33. The molecular weight excluding hydrogens is 406 g/mol. The summed E-state index contributed by atoms with van der Waals surface area (Å²) in [6.07, 6.45) is 10.6. The Kier molecular flexibility index (Phi) is 7.14. The standard InChI is InChI=1S/C21H35N3O5S/c25-20(22-11-8-18-5-2-1-3-6-18)19-7-4-12-24(17-19)30(26,27)23-13-9-21(10-14-23)28-15-16-29-21/h5,19H,1-4,6-17H2,(H,22,25). The normalized spacial score (nSPS) is 28.4. The van der Waals surface area contributed by atoms with Gasteiger partial charge in [0.05, 0.1) is 19.1 Å². The number of carbonyl (C=O) groups is 1. The predicted molar refractivity (Wildman–Crippen MR) is 113 cm³/mol. The first-order valence-corrected chi connectivity index (χ1v) is 12.9. The van der Waals surface area contributed by atoms with Crippen LogP contribution in [0.15, 0.2) is 11.6 Å². The van der Waals surface area contributed by atoms with Crippen molar-refractivity contribution < 1.29 is 22.7 Å². The first-order chi connectivity index (χ1) is 14.5. The second-order valence-corrected chi connectivity index (χ2v) is 10.8. The number of amides is 1. The molecule has 1 amide bonds. The number of carbonyl (C=O) groups excluding carboxylic acids is 1. The van der Waals surface area contributed by atoms with Gasteiger partial charge in [-0.05, 0) is 44.9 Å². The van der Waals surface area contributed by atoms with Crippen LogP contribution >= 0.6 is 0 Å². The quantitative estimate of drug-likeness (QED) is 0.635. The number of piperidine rings is 2. The zero-order valence-corrected chi connectivity index (χ0v) is 18.6. The van der Waals surface area contributed by atoms with Crippen molar-refractivity contribution in [3.63, 3.8) is 0 Å². The lowest BCUT2D eigenvalue weighted by atomic mass is 9.96. The van der Waals surface area contributed by atoms with E-state index < -0.39 is 16.0 Å². The molecule has 8 nitrogen and oxygen atoms in total. The Hall–Kier alpha value is -1.00. The molecule has 1 atom stereocenters. The Labute approximate surface area is 180 Å². The number of hydrogen-bond acceptors (Lipinski definition) is 5. The average molecular weight is 442 g/mol. The fourth-order valence-electron chi connectivity index (χ4n) is 4.99. The van der Waals surface area contributed by atoms with Crippen LogP contribution in [0.2, 0.25) is 0 Å². The molecule has 3 heterocycles. The van der Waals surface area contributed by atoms with Gasteiger partial charge in [-0.1, -0.05) is 11.6 Å². The molecular formula is C21H35N3O5S. The van der Waals surface area contributed by atoms with Crippen molar-refractivity contribution in [3.05, 3.63) is 11.6 Å². The van der Waals surface area contributed by atoms with E-state index in [1.807, 2.05) is 0 Å². The zero-order chi connectivity index (χ0) is 21.0. The molecule has 4 rings (SSSR count). The maximum atomic E-state index is 13.2. The van der Waals surface area contributed by atoms with Crippen LogP contribution in [-0.4, -0.2) is 74.7 Å². The molecule has 3 fully saturated rings. The molecule has 1 aliphatic carbocycles. The van der Waals surface area contributed by atoms with Crippen LogP contribution in [0.4, 0.5) is 0 Å². The van der Waals surface area contributed by atoms with Crippen molar-refractivity contribution in [1.29, 1.82) is 0 Å². The van der Waals surface area contributed by atoms with Gasteiger partial charge in [0, 0.05) is 45.6 Å². The second kappa shape index (κ2) is 9.65. The van der Waals surface area contributed by atoms with Crippen molar-refractivity contribution in [2.45, 2.75) is 63.6 Å². The van der Waals surface area contributed by atoms with Crippen molar-refractivity contribution in [2.75, 3.05) is 45.9 Å². The van der Waals surface area contributed by atoms with E-state index in [1.54, 1.807) is 0 Å². The summed E-state index contributed by atoms with van der Waals surface area (Å²) in [4.78, 5) is 12.7. The Morgan fingerprint density at radius 3 is 2.57 bits per heavy atom. The summed E-state index contributed by atoms with van der Waals surface area (Å²) < 4.78 is 40.8. The van der Waals surface area contributed by atoms with Crippen molar-refractivity contribution >= 4 is 16.1 Å². The molecule has 0 saturated carbocycles. The number of nitrogens with zero attached hydrogens (tertiary/aromatic N) is 2. The highest BCUT2D eigenvalue weighted by Gasteiger charge is 2.44. The molecule has 1 N–H and O–H groups in total. The van der Waals surface area contributed by atoms with Crippen molar-refractivity contribution in [1.82, 2.24) is 13.9 Å². The minimum absolute atomic E-state index is 0.0170. The molecule has 0 aromatic rings. The molecule has 170 valence electrons. The van der Waals surface area contributed by atoms with Crippen LogP contribution in [0.1, 0.15) is 57.8 Å². The zero-order valence-electron chi connectivity index (χ0n) is 17.8. The van der Waals surface area contributed by atoms with Gasteiger partial charge in [-0.3, -0.25) is 4.79 Å². The first-order valence-electron chi connectivity index (χ1n) is 11.5. The summed E-state index contributed by atoms with van der Waals surface area (Å²) in [5.41, 5.74) is 1.44. The molecule has 0 aromatic heterocycles. The second-order valence-electron chi connectivity index (χ2n) is 8.86. The third kappa shape index (κ3) is 5.07. The summed E-state index contributed by atoms with van der Waals surface area (Å²) in [5, 5.41) is 3.04. The SMILES string of the molecule is O=C(NCCC1=CCCCC1)C1CCCN(S(=O)(=O)N2CCC3(CC2)OCCO3)C1. The number of allylic oxidation sites excluding steroid dienone is 1. The number of hydrogen-bond donors (Lipinski definition) is 1. The Morgan fingerprint density at radius 1 is 1.10 bits per heavy atom. The summed E-state index contributed by atoms with van der Waals surface area (Å²) in [6.45, 7) is 3.33. The molecule has 3 saturated heterocycles. The Bertz CT molecular complexity index is 738. The Morgan fingerprint density at radius 2 is 1.87 bits per heavy atom. The number of nitrogens with one attached hydrogen (secondary N) is 1. The van der Waals surface area contributed by atoms with E-state index in [9.17, 15) is 13.2 Å². The largest absolute Gasteiger partial charge is 0.356 e. The highest BCUT2D eigenvalue weighted by molar-refractivity contribution is 7.86. The summed E-state index contributed by atoms with van der Waals surface area (Å²) in [7, 11) is -3.57. The lowest BCUT2D eigenvalue weighted by molar-refractivity contribution is -0.179. The molecule has 1 unspecified atom stereocenters. The predicted octanol–water partition coefficient (Wildman–Crippen LogP) is 1.79. The van der Waals surface area contributed by atoms with Crippen LogP contribution in [0.3, 0.4) is 0 Å². The summed E-state index contributed by atoms with van der Waals surface area (Å²) in [6, 6.07) is 0. The van der Waals surface area contributed by atoms with Gasteiger partial charge in [0.2, 0.25) is 5.91 Å². The van der Waals surface area contributed by atoms with E-state index in [0.29, 0.717) is 58.7 Å². The monoisotopic (exact) mass is 441 g/mol. The smallest absolute Gasteiger partial charge is 0.282 e. The van der Waals surface area contributed by atoms with Gasteiger partial charge in [-0.2, -0.15) is 17.0 Å². The van der Waals surface area contributed by atoms with Gasteiger partial charge in [-0.15, -0.1) is 0 Å². The fraction of sp³-hybridized carbons (Fsp3) is 0.857. The van der Waals surface area contributed by atoms with Crippen LogP contribution < -0.4 is 5.32 Å². The van der Waals surface area contributed by atoms with Gasteiger partial charge in [0.1, 0.15) is 0 Å². The molecule has 9 heteroatoms. The first kappa shape index (κ1) is 22.2. The van der Waals surface area contributed by atoms with Gasteiger partial charge in [0.15, 0.2) is 5.79 Å². The van der Waals surface area contributed by atoms with E-state index >= 15 is 0 Å². The van der Waals surface area contributed by atoms with Crippen LogP contribution in [0, 0.1) is 5.92 Å². The van der Waals surface area contributed by atoms with Crippen LogP contribution in [0.5, 0.6) is 0 Å². The van der Waals surface area contributed by atoms with Gasteiger partial charge < -0.3 is 14.8 Å². The van der Waals surface area contributed by atoms with E-state index in [4.69, 9.17) is 9.47 Å². The minimum Gasteiger partial charge on any atom is -0.356 e. The number of ether oxygens (including phenoxy) is 2. The molecule has 0 bridgehead atoms. The molecule has 0 aromatic carbocycles. The average Bonchev–Trinajstić information content (AvgIpc) is 3.22. The molecule has 3 aliphatic heterocycles. The van der Waals surface area contributed by atoms with Crippen LogP contribution in [-0.2, 0) is 24.5 Å². The van der Waals surface area contributed by atoms with Crippen molar-refractivity contribution in [3.8, 4) is 0 Å². The fourth-order valence-corrected chi connectivity index (χ4v) is 6.69. The van der Waals surface area contributed by atoms with Crippen LogP contribution in [0.25, 0.3) is 0 Å². The molecule has 0 radical (unpaired) electrons. The van der Waals surface area contributed by atoms with Crippen molar-refractivity contribution in [2.24, 2.45) is 5.92 Å². The molecule has 30 heavy (non-hydrogen) atoms. The minimum atomic E-state index is -3.57. The third-order valence-electron chi connectivity index (χ3n) is 6.84. The Balaban J connectivity index is 1.27. The maximum Gasteiger partial charge on any atom is 0.282 e. The van der Waals surface area contributed by atoms with E-state index in [2.05, 4.69) is 11.4 Å². The third-order valence-corrected chi connectivity index (χ3v) is 8.84.